The first kappa shape index (κ1) is 14.4. The van der Waals surface area contributed by atoms with Crippen molar-refractivity contribution < 1.29 is 17.9 Å². The normalized spacial score (nSPS) is 11.0. The van der Waals surface area contributed by atoms with Gasteiger partial charge in [-0.05, 0) is 24.6 Å². The van der Waals surface area contributed by atoms with Crippen LogP contribution in [0.3, 0.4) is 0 Å². The van der Waals surface area contributed by atoms with Crippen molar-refractivity contribution >= 4 is 16.0 Å². The van der Waals surface area contributed by atoms with Crippen molar-refractivity contribution in [2.75, 3.05) is 13.7 Å². The second kappa shape index (κ2) is 5.79. The summed E-state index contributed by atoms with van der Waals surface area (Å²) in [6.07, 6.45) is 1.44. The number of carbonyl (C=O) groups excluding carboxylic acids is 1. The van der Waals surface area contributed by atoms with Crippen molar-refractivity contribution in [1.29, 1.82) is 0 Å². The molecule has 0 fully saturated rings. The number of ether oxygens (including phenoxy) is 1. The number of carbonyl (C=O) groups is 1. The van der Waals surface area contributed by atoms with E-state index in [9.17, 15) is 13.2 Å². The molecule has 0 saturated heterocycles. The summed E-state index contributed by atoms with van der Waals surface area (Å²) < 4.78 is 30.8. The summed E-state index contributed by atoms with van der Waals surface area (Å²) in [5, 5.41) is 0. The summed E-state index contributed by atoms with van der Waals surface area (Å²) in [4.78, 5) is 11.4. The Hall–Kier alpha value is -1.66. The topological polar surface area (TPSA) is 72.5 Å². The molecule has 6 heteroatoms. The van der Waals surface area contributed by atoms with Gasteiger partial charge >= 0.3 is 5.97 Å². The fourth-order valence-corrected chi connectivity index (χ4v) is 2.65. The van der Waals surface area contributed by atoms with Crippen molar-refractivity contribution in [3.05, 3.63) is 42.0 Å². The molecule has 0 aliphatic rings. The van der Waals surface area contributed by atoms with Crippen LogP contribution in [0.1, 0.15) is 15.9 Å². The van der Waals surface area contributed by atoms with Crippen LogP contribution >= 0.6 is 0 Å². The largest absolute Gasteiger partial charge is 0.465 e. The molecule has 0 saturated carbocycles. The van der Waals surface area contributed by atoms with E-state index in [2.05, 4.69) is 16.0 Å². The predicted octanol–water partition coefficient (Wildman–Crippen LogP) is 1.25. The van der Waals surface area contributed by atoms with Gasteiger partial charge in [-0.15, -0.1) is 6.58 Å². The molecule has 98 valence electrons. The fraction of sp³-hybridized carbons (Fsp3) is 0.250. The number of hydrogen-bond acceptors (Lipinski definition) is 4. The third kappa shape index (κ3) is 3.18. The smallest absolute Gasteiger partial charge is 0.337 e. The Morgan fingerprint density at radius 1 is 1.50 bits per heavy atom. The quantitative estimate of drug-likeness (QED) is 0.645. The summed E-state index contributed by atoms with van der Waals surface area (Å²) in [7, 11) is -2.40. The highest BCUT2D eigenvalue weighted by molar-refractivity contribution is 7.89. The molecule has 1 N–H and O–H groups in total. The van der Waals surface area contributed by atoms with Crippen molar-refractivity contribution in [3.63, 3.8) is 0 Å². The number of esters is 1. The SMILES string of the molecule is C=CCNS(=O)(=O)c1cc(C(=O)OC)ccc1C. The Morgan fingerprint density at radius 2 is 2.17 bits per heavy atom. The zero-order valence-corrected chi connectivity index (χ0v) is 11.1. The van der Waals surface area contributed by atoms with Gasteiger partial charge < -0.3 is 4.74 Å². The molecular formula is C12H15NO4S. The number of nitrogens with one attached hydrogen (secondary N) is 1. The molecule has 1 aromatic carbocycles. The summed E-state index contributed by atoms with van der Waals surface area (Å²) in [5.41, 5.74) is 0.751. The molecule has 0 aromatic heterocycles. The lowest BCUT2D eigenvalue weighted by Crippen LogP contribution is -2.24. The number of hydrogen-bond donors (Lipinski definition) is 1. The number of aryl methyl sites for hydroxylation is 1. The maximum Gasteiger partial charge on any atom is 0.337 e. The van der Waals surface area contributed by atoms with E-state index in [4.69, 9.17) is 0 Å². The second-order valence-electron chi connectivity index (χ2n) is 3.61. The van der Waals surface area contributed by atoms with Gasteiger partial charge in [0.05, 0.1) is 17.6 Å². The van der Waals surface area contributed by atoms with E-state index < -0.39 is 16.0 Å². The lowest BCUT2D eigenvalue weighted by molar-refractivity contribution is 0.0600. The number of rotatable bonds is 5. The van der Waals surface area contributed by atoms with Crippen molar-refractivity contribution in [2.45, 2.75) is 11.8 Å². The summed E-state index contributed by atoms with van der Waals surface area (Å²) in [6.45, 7) is 5.22. The van der Waals surface area contributed by atoms with E-state index in [1.807, 2.05) is 0 Å². The highest BCUT2D eigenvalue weighted by Gasteiger charge is 2.18. The molecule has 0 heterocycles. The first-order valence-electron chi connectivity index (χ1n) is 5.22. The van der Waals surface area contributed by atoms with Crippen molar-refractivity contribution in [1.82, 2.24) is 4.72 Å². The number of methoxy groups -OCH3 is 1. The van der Waals surface area contributed by atoms with Gasteiger partial charge in [-0.2, -0.15) is 0 Å². The zero-order chi connectivity index (χ0) is 13.8. The molecule has 5 nitrogen and oxygen atoms in total. The third-order valence-corrected chi connectivity index (χ3v) is 3.88. The number of sulfonamides is 1. The van der Waals surface area contributed by atoms with Gasteiger partial charge in [-0.1, -0.05) is 12.1 Å². The van der Waals surface area contributed by atoms with Crippen LogP contribution in [-0.2, 0) is 14.8 Å². The minimum absolute atomic E-state index is 0.0623. The molecule has 0 aliphatic carbocycles. The van der Waals surface area contributed by atoms with Crippen LogP contribution in [0.15, 0.2) is 35.7 Å². The lowest BCUT2D eigenvalue weighted by Gasteiger charge is -2.09. The molecule has 0 spiro atoms. The maximum absolute atomic E-state index is 12.0. The van der Waals surface area contributed by atoms with E-state index >= 15 is 0 Å². The first-order chi connectivity index (χ1) is 8.42. The van der Waals surface area contributed by atoms with Crippen LogP contribution in [0.25, 0.3) is 0 Å². The summed E-state index contributed by atoms with van der Waals surface area (Å²) in [6, 6.07) is 4.38. The third-order valence-electron chi connectivity index (χ3n) is 2.32. The van der Waals surface area contributed by atoms with Crippen LogP contribution in [-0.4, -0.2) is 28.0 Å². The van der Waals surface area contributed by atoms with E-state index in [1.54, 1.807) is 13.0 Å². The standard InChI is InChI=1S/C12H15NO4S/c1-4-7-13-18(15,16)11-8-10(12(14)17-3)6-5-9(11)2/h4-6,8,13H,1,7H2,2-3H3. The Balaban J connectivity index is 3.23. The minimum Gasteiger partial charge on any atom is -0.465 e. The Morgan fingerprint density at radius 3 is 2.72 bits per heavy atom. The molecule has 0 atom stereocenters. The molecule has 0 amide bonds. The van der Waals surface area contributed by atoms with Gasteiger partial charge in [0.2, 0.25) is 10.0 Å². The molecule has 1 aromatic rings. The zero-order valence-electron chi connectivity index (χ0n) is 10.3. The molecule has 18 heavy (non-hydrogen) atoms. The first-order valence-corrected chi connectivity index (χ1v) is 6.70. The van der Waals surface area contributed by atoms with E-state index in [0.29, 0.717) is 5.56 Å². The van der Waals surface area contributed by atoms with Crippen LogP contribution in [0.4, 0.5) is 0 Å². The van der Waals surface area contributed by atoms with Gasteiger partial charge in [-0.3, -0.25) is 0 Å². The molecule has 0 radical (unpaired) electrons. The van der Waals surface area contributed by atoms with Gasteiger partial charge in [0.25, 0.3) is 0 Å². The summed E-state index contributed by atoms with van der Waals surface area (Å²) in [5.74, 6) is -0.574. The lowest BCUT2D eigenvalue weighted by atomic mass is 10.1. The Labute approximate surface area is 107 Å². The molecule has 0 aliphatic heterocycles. The molecule has 0 bridgehead atoms. The van der Waals surface area contributed by atoms with Gasteiger partial charge in [-0.25, -0.2) is 17.9 Å². The Bertz CT molecular complexity index is 563. The van der Waals surface area contributed by atoms with Crippen LogP contribution < -0.4 is 4.72 Å². The van der Waals surface area contributed by atoms with E-state index in [1.165, 1.54) is 25.3 Å². The molecule has 0 unspecified atom stereocenters. The molecule has 1 rings (SSSR count). The Kier molecular flexibility index (Phi) is 4.63. The van der Waals surface area contributed by atoms with Gasteiger partial charge in [0.1, 0.15) is 0 Å². The van der Waals surface area contributed by atoms with E-state index in [0.717, 1.165) is 0 Å². The average molecular weight is 269 g/mol. The molecular weight excluding hydrogens is 254 g/mol. The monoisotopic (exact) mass is 269 g/mol. The van der Waals surface area contributed by atoms with Gasteiger partial charge in [0, 0.05) is 6.54 Å². The van der Waals surface area contributed by atoms with Crippen molar-refractivity contribution in [3.8, 4) is 0 Å². The van der Waals surface area contributed by atoms with Crippen molar-refractivity contribution in [2.24, 2.45) is 0 Å². The highest BCUT2D eigenvalue weighted by Crippen LogP contribution is 2.17. The van der Waals surface area contributed by atoms with Crippen LogP contribution in [0.2, 0.25) is 0 Å². The van der Waals surface area contributed by atoms with Crippen LogP contribution in [0, 0.1) is 6.92 Å². The number of benzene rings is 1. The van der Waals surface area contributed by atoms with Crippen LogP contribution in [0.5, 0.6) is 0 Å². The fourth-order valence-electron chi connectivity index (χ4n) is 1.38. The minimum atomic E-state index is -3.65. The highest BCUT2D eigenvalue weighted by atomic mass is 32.2. The van der Waals surface area contributed by atoms with Gasteiger partial charge in [0.15, 0.2) is 0 Å². The predicted molar refractivity (Wildman–Crippen MR) is 67.9 cm³/mol. The second-order valence-corrected chi connectivity index (χ2v) is 5.35. The van der Waals surface area contributed by atoms with E-state index in [-0.39, 0.29) is 17.0 Å². The average Bonchev–Trinajstić information content (AvgIpc) is 2.35. The maximum atomic E-state index is 12.0. The summed E-state index contributed by atoms with van der Waals surface area (Å²) >= 11 is 0.